The molecule has 0 bridgehead atoms. The van der Waals surface area contributed by atoms with Crippen LogP contribution in [-0.2, 0) is 12.7 Å². The van der Waals surface area contributed by atoms with E-state index in [2.05, 4.69) is 10.1 Å². The first-order valence-electron chi connectivity index (χ1n) is 6.20. The molecule has 5 nitrogen and oxygen atoms in total. The highest BCUT2D eigenvalue weighted by Gasteiger charge is 2.30. The Balaban J connectivity index is 2.11. The van der Waals surface area contributed by atoms with Crippen LogP contribution in [0.25, 0.3) is 11.4 Å². The second-order valence-electron chi connectivity index (χ2n) is 4.55. The van der Waals surface area contributed by atoms with Crippen LogP contribution in [0, 0.1) is 0 Å². The maximum Gasteiger partial charge on any atom is 0.416 e. The first-order valence-corrected chi connectivity index (χ1v) is 6.20. The van der Waals surface area contributed by atoms with E-state index in [1.807, 2.05) is 0 Å². The summed E-state index contributed by atoms with van der Waals surface area (Å²) in [7, 11) is 1.78. The number of hydrogen-bond acceptors (Lipinski definition) is 5. The molecule has 1 aromatic heterocycles. The summed E-state index contributed by atoms with van der Waals surface area (Å²) in [6, 6.07) is 4.55. The van der Waals surface area contributed by atoms with Crippen molar-refractivity contribution in [1.29, 1.82) is 0 Å². The molecule has 0 fully saturated rings. The summed E-state index contributed by atoms with van der Waals surface area (Å²) in [5.74, 6) is 0.567. The Morgan fingerprint density at radius 1 is 1.24 bits per heavy atom. The van der Waals surface area contributed by atoms with Crippen LogP contribution >= 0.6 is 0 Å². The topological polar surface area (TPSA) is 62.4 Å². The molecule has 114 valence electrons. The molecule has 0 saturated carbocycles. The van der Waals surface area contributed by atoms with E-state index in [9.17, 15) is 13.2 Å². The van der Waals surface area contributed by atoms with E-state index in [0.717, 1.165) is 12.1 Å². The highest BCUT2D eigenvalue weighted by atomic mass is 19.4. The van der Waals surface area contributed by atoms with Gasteiger partial charge in [0.15, 0.2) is 0 Å². The fourth-order valence-electron chi connectivity index (χ4n) is 1.73. The number of hydrogen-bond donors (Lipinski definition) is 1. The molecule has 0 radical (unpaired) electrons. The zero-order valence-corrected chi connectivity index (χ0v) is 11.3. The Hall–Kier alpha value is -1.93. The number of aliphatic hydroxyl groups excluding tert-OH is 1. The average molecular weight is 301 g/mol. The molecule has 0 unspecified atom stereocenters. The Labute approximate surface area is 119 Å². The van der Waals surface area contributed by atoms with Crippen molar-refractivity contribution in [3.05, 3.63) is 35.7 Å². The van der Waals surface area contributed by atoms with Crippen molar-refractivity contribution in [2.45, 2.75) is 12.7 Å². The molecule has 0 atom stereocenters. The lowest BCUT2D eigenvalue weighted by Gasteiger charge is -2.10. The lowest BCUT2D eigenvalue weighted by atomic mass is 10.1. The van der Waals surface area contributed by atoms with Gasteiger partial charge in [-0.2, -0.15) is 18.2 Å². The van der Waals surface area contributed by atoms with Crippen LogP contribution in [0.1, 0.15) is 11.5 Å². The molecule has 1 heterocycles. The predicted molar refractivity (Wildman–Crippen MR) is 68.2 cm³/mol. The molecule has 8 heteroatoms. The minimum absolute atomic E-state index is 0.0103. The van der Waals surface area contributed by atoms with Crippen molar-refractivity contribution in [3.8, 4) is 11.4 Å². The Morgan fingerprint density at radius 2 is 1.90 bits per heavy atom. The van der Waals surface area contributed by atoms with Crippen molar-refractivity contribution >= 4 is 0 Å². The third-order valence-electron chi connectivity index (χ3n) is 2.83. The zero-order chi connectivity index (χ0) is 15.5. The number of likely N-dealkylation sites (N-methyl/N-ethyl adjacent to an activating group) is 1. The monoisotopic (exact) mass is 301 g/mol. The van der Waals surface area contributed by atoms with E-state index < -0.39 is 11.7 Å². The molecule has 0 aliphatic rings. The van der Waals surface area contributed by atoms with Gasteiger partial charge in [0.1, 0.15) is 0 Å². The predicted octanol–water partition coefficient (Wildman–Crippen LogP) is 2.18. The van der Waals surface area contributed by atoms with Crippen molar-refractivity contribution in [2.24, 2.45) is 0 Å². The van der Waals surface area contributed by atoms with Gasteiger partial charge in [-0.25, -0.2) is 0 Å². The minimum Gasteiger partial charge on any atom is -0.395 e. The Bertz CT molecular complexity index is 581. The van der Waals surface area contributed by atoms with Gasteiger partial charge in [-0.3, -0.25) is 4.90 Å². The summed E-state index contributed by atoms with van der Waals surface area (Å²) < 4.78 is 42.4. The van der Waals surface area contributed by atoms with Gasteiger partial charge in [0.05, 0.1) is 18.7 Å². The van der Waals surface area contributed by atoms with E-state index in [-0.39, 0.29) is 12.4 Å². The summed E-state index contributed by atoms with van der Waals surface area (Å²) in [5.41, 5.74) is -0.277. The average Bonchev–Trinajstić information content (AvgIpc) is 2.86. The normalized spacial score (nSPS) is 12.1. The van der Waals surface area contributed by atoms with E-state index >= 15 is 0 Å². The number of aliphatic hydroxyl groups is 1. The summed E-state index contributed by atoms with van der Waals surface area (Å²) in [4.78, 5) is 5.89. The van der Waals surface area contributed by atoms with Crippen LogP contribution in [0.4, 0.5) is 13.2 Å². The van der Waals surface area contributed by atoms with Gasteiger partial charge in [0, 0.05) is 12.1 Å². The van der Waals surface area contributed by atoms with Crippen LogP contribution < -0.4 is 0 Å². The van der Waals surface area contributed by atoms with Gasteiger partial charge in [-0.15, -0.1) is 0 Å². The number of benzene rings is 1. The van der Waals surface area contributed by atoms with Gasteiger partial charge in [-0.05, 0) is 19.2 Å². The van der Waals surface area contributed by atoms with Crippen LogP contribution in [0.2, 0.25) is 0 Å². The quantitative estimate of drug-likeness (QED) is 0.917. The van der Waals surface area contributed by atoms with Gasteiger partial charge in [0.25, 0.3) is 0 Å². The maximum atomic E-state index is 12.5. The molecule has 21 heavy (non-hydrogen) atoms. The Morgan fingerprint density at radius 3 is 2.48 bits per heavy atom. The highest BCUT2D eigenvalue weighted by molar-refractivity contribution is 5.54. The molecule has 0 aliphatic carbocycles. The van der Waals surface area contributed by atoms with Crippen molar-refractivity contribution in [1.82, 2.24) is 15.0 Å². The van der Waals surface area contributed by atoms with Crippen LogP contribution in [0.15, 0.2) is 28.8 Å². The summed E-state index contributed by atoms with van der Waals surface area (Å²) in [6.45, 7) is 0.822. The lowest BCUT2D eigenvalue weighted by Crippen LogP contribution is -2.21. The lowest BCUT2D eigenvalue weighted by molar-refractivity contribution is -0.137. The smallest absolute Gasteiger partial charge is 0.395 e. The molecule has 2 rings (SSSR count). The van der Waals surface area contributed by atoms with Gasteiger partial charge in [-0.1, -0.05) is 17.3 Å². The van der Waals surface area contributed by atoms with E-state index in [1.165, 1.54) is 12.1 Å². The van der Waals surface area contributed by atoms with E-state index in [0.29, 0.717) is 24.5 Å². The number of rotatable bonds is 5. The molecule has 0 aliphatic heterocycles. The highest BCUT2D eigenvalue weighted by Crippen LogP contribution is 2.30. The van der Waals surface area contributed by atoms with Crippen LogP contribution in [0.3, 0.4) is 0 Å². The molecular weight excluding hydrogens is 287 g/mol. The number of aromatic nitrogens is 2. The third kappa shape index (κ3) is 4.02. The standard InChI is InChI=1S/C13H14F3N3O2/c1-19(6-7-20)8-11-17-12(18-21-11)9-2-4-10(5-3-9)13(14,15)16/h2-5,20H,6-8H2,1H3. The molecule has 2 aromatic rings. The van der Waals surface area contributed by atoms with Crippen LogP contribution in [0.5, 0.6) is 0 Å². The van der Waals surface area contributed by atoms with Crippen molar-refractivity contribution in [3.63, 3.8) is 0 Å². The second-order valence-corrected chi connectivity index (χ2v) is 4.55. The zero-order valence-electron chi connectivity index (χ0n) is 11.3. The third-order valence-corrected chi connectivity index (χ3v) is 2.83. The molecule has 0 spiro atoms. The van der Waals surface area contributed by atoms with Crippen molar-refractivity contribution < 1.29 is 22.8 Å². The largest absolute Gasteiger partial charge is 0.416 e. The summed E-state index contributed by atoms with van der Waals surface area (Å²) in [5, 5.41) is 12.5. The van der Waals surface area contributed by atoms with Gasteiger partial charge in [0.2, 0.25) is 11.7 Å². The SMILES string of the molecule is CN(CCO)Cc1nc(-c2ccc(C(F)(F)F)cc2)no1. The Kier molecular flexibility index (Phi) is 4.59. The molecular formula is C13H14F3N3O2. The van der Waals surface area contributed by atoms with E-state index in [1.54, 1.807) is 11.9 Å². The van der Waals surface area contributed by atoms with Gasteiger partial charge < -0.3 is 9.63 Å². The molecule has 0 amide bonds. The number of halogens is 3. The second kappa shape index (κ2) is 6.23. The maximum absolute atomic E-state index is 12.5. The molecule has 1 aromatic carbocycles. The molecule has 1 N–H and O–H groups in total. The number of nitrogens with zero attached hydrogens (tertiary/aromatic N) is 3. The first-order chi connectivity index (χ1) is 9.90. The van der Waals surface area contributed by atoms with E-state index in [4.69, 9.17) is 9.63 Å². The fourth-order valence-corrected chi connectivity index (χ4v) is 1.73. The molecule has 0 saturated heterocycles. The summed E-state index contributed by atoms with van der Waals surface area (Å²) >= 11 is 0. The minimum atomic E-state index is -4.37. The fraction of sp³-hybridized carbons (Fsp3) is 0.385. The first kappa shape index (κ1) is 15.5. The summed E-state index contributed by atoms with van der Waals surface area (Å²) in [6.07, 6.45) is -4.37. The number of alkyl halides is 3. The van der Waals surface area contributed by atoms with Gasteiger partial charge >= 0.3 is 6.18 Å². The van der Waals surface area contributed by atoms with Crippen LogP contribution in [-0.4, -0.2) is 40.3 Å². The van der Waals surface area contributed by atoms with Crippen molar-refractivity contribution in [2.75, 3.05) is 20.2 Å².